The van der Waals surface area contributed by atoms with Crippen molar-refractivity contribution in [1.82, 2.24) is 20.0 Å². The summed E-state index contributed by atoms with van der Waals surface area (Å²) in [4.78, 5) is 26.6. The summed E-state index contributed by atoms with van der Waals surface area (Å²) in [5.74, 6) is 1.60. The molecule has 0 bridgehead atoms. The molecule has 0 radical (unpaired) electrons. The average Bonchev–Trinajstić information content (AvgIpc) is 3.18. The number of hydrogen-bond donors (Lipinski definition) is 0. The molecule has 2 aromatic heterocycles. The Labute approximate surface area is 210 Å². The Kier molecular flexibility index (Phi) is 7.52. The molecule has 8 heteroatoms. The summed E-state index contributed by atoms with van der Waals surface area (Å²) >= 11 is 0. The molecule has 3 heterocycles. The first-order valence-electron chi connectivity index (χ1n) is 12.6. The molecule has 186 valence electrons. The maximum atomic E-state index is 12.9. The van der Waals surface area contributed by atoms with Crippen LogP contribution >= 0.6 is 0 Å². The zero-order chi connectivity index (χ0) is 24.7. The van der Waals surface area contributed by atoms with Gasteiger partial charge >= 0.3 is 0 Å². The van der Waals surface area contributed by atoms with Crippen molar-refractivity contribution >= 4 is 22.8 Å². The van der Waals surface area contributed by atoms with Gasteiger partial charge in [0.1, 0.15) is 29.3 Å². The number of fused-ring (bicyclic) bond motifs is 1. The van der Waals surface area contributed by atoms with E-state index >= 15 is 0 Å². The summed E-state index contributed by atoms with van der Waals surface area (Å²) in [5, 5.41) is 5.19. The molecule has 5 rings (SSSR count). The Balaban J connectivity index is 1.33. The van der Waals surface area contributed by atoms with Crippen molar-refractivity contribution in [3.8, 4) is 11.3 Å². The van der Waals surface area contributed by atoms with Crippen LogP contribution < -0.4 is 4.90 Å². The lowest BCUT2D eigenvalue weighted by Gasteiger charge is -2.23. The fourth-order valence-corrected chi connectivity index (χ4v) is 4.54. The maximum Gasteiger partial charge on any atom is 0.263 e. The molecular formula is C28H31N5O3. The van der Waals surface area contributed by atoms with Crippen LogP contribution in [-0.4, -0.2) is 58.7 Å². The second kappa shape index (κ2) is 11.3. The minimum atomic E-state index is 0.0160. The number of anilines is 1. The van der Waals surface area contributed by atoms with E-state index in [9.17, 15) is 4.79 Å². The summed E-state index contributed by atoms with van der Waals surface area (Å²) in [6.07, 6.45) is 2.54. The summed E-state index contributed by atoms with van der Waals surface area (Å²) < 4.78 is 11.4. The first-order chi connectivity index (χ1) is 17.7. The Morgan fingerprint density at radius 2 is 1.75 bits per heavy atom. The Morgan fingerprint density at radius 3 is 2.53 bits per heavy atom. The number of rotatable bonds is 8. The number of aromatic nitrogens is 3. The van der Waals surface area contributed by atoms with Gasteiger partial charge in [0, 0.05) is 38.2 Å². The lowest BCUT2D eigenvalue weighted by Crippen LogP contribution is -2.37. The molecule has 1 aliphatic heterocycles. The molecule has 0 atom stereocenters. The van der Waals surface area contributed by atoms with Gasteiger partial charge in [-0.15, -0.1) is 0 Å². The van der Waals surface area contributed by atoms with Crippen molar-refractivity contribution in [2.75, 3.05) is 37.7 Å². The van der Waals surface area contributed by atoms with E-state index in [1.54, 1.807) is 0 Å². The highest BCUT2D eigenvalue weighted by atomic mass is 16.5. The van der Waals surface area contributed by atoms with E-state index < -0.39 is 0 Å². The highest BCUT2D eigenvalue weighted by Gasteiger charge is 2.25. The molecule has 0 spiro atoms. The molecule has 0 unspecified atom stereocenters. The Hall–Kier alpha value is -3.78. The first kappa shape index (κ1) is 23.9. The van der Waals surface area contributed by atoms with Gasteiger partial charge in [0.15, 0.2) is 0 Å². The standard InChI is InChI=1S/C28H31N5O3/c1-2-10-23-29-27(25-26(31-36-28(25)30-23)22-13-7-4-8-14-22)33-16-9-15-32(17-18-33)24(34)20-35-19-21-11-5-3-6-12-21/h3-8,11-14H,2,9-10,15-20H2,1H3. The summed E-state index contributed by atoms with van der Waals surface area (Å²) in [5.41, 5.74) is 3.28. The smallest absolute Gasteiger partial charge is 0.263 e. The van der Waals surface area contributed by atoms with Gasteiger partial charge in [-0.1, -0.05) is 72.7 Å². The van der Waals surface area contributed by atoms with Gasteiger partial charge in [-0.05, 0) is 18.4 Å². The van der Waals surface area contributed by atoms with Gasteiger partial charge < -0.3 is 19.1 Å². The monoisotopic (exact) mass is 485 g/mol. The highest BCUT2D eigenvalue weighted by molar-refractivity contribution is 5.98. The minimum Gasteiger partial charge on any atom is -0.367 e. The number of carbonyl (C=O) groups excluding carboxylic acids is 1. The third kappa shape index (κ3) is 5.39. The number of benzene rings is 2. The van der Waals surface area contributed by atoms with Crippen LogP contribution in [-0.2, 0) is 22.6 Å². The molecule has 1 amide bonds. The van der Waals surface area contributed by atoms with Crippen LogP contribution in [0.2, 0.25) is 0 Å². The van der Waals surface area contributed by atoms with Crippen molar-refractivity contribution in [3.05, 3.63) is 72.1 Å². The fourth-order valence-electron chi connectivity index (χ4n) is 4.54. The van der Waals surface area contributed by atoms with Crippen LogP contribution in [0.15, 0.2) is 65.2 Å². The molecular weight excluding hydrogens is 454 g/mol. The Morgan fingerprint density at radius 1 is 0.972 bits per heavy atom. The quantitative estimate of drug-likeness (QED) is 0.363. The van der Waals surface area contributed by atoms with Crippen LogP contribution in [0.5, 0.6) is 0 Å². The summed E-state index contributed by atoms with van der Waals surface area (Å²) in [7, 11) is 0. The van der Waals surface area contributed by atoms with Gasteiger partial charge in [0.05, 0.1) is 6.61 Å². The molecule has 0 saturated carbocycles. The average molecular weight is 486 g/mol. The zero-order valence-electron chi connectivity index (χ0n) is 20.6. The van der Waals surface area contributed by atoms with Gasteiger partial charge in [0.25, 0.3) is 5.71 Å². The van der Waals surface area contributed by atoms with Crippen LogP contribution in [0.4, 0.5) is 5.82 Å². The Bertz CT molecular complexity index is 1290. The lowest BCUT2D eigenvalue weighted by molar-refractivity contribution is -0.136. The van der Waals surface area contributed by atoms with Gasteiger partial charge in [0.2, 0.25) is 5.91 Å². The van der Waals surface area contributed by atoms with Crippen LogP contribution in [0.1, 0.15) is 31.2 Å². The van der Waals surface area contributed by atoms with E-state index in [0.29, 0.717) is 32.0 Å². The third-order valence-electron chi connectivity index (χ3n) is 6.37. The van der Waals surface area contributed by atoms with Crippen LogP contribution in [0.25, 0.3) is 22.4 Å². The normalized spacial score (nSPS) is 14.2. The van der Waals surface area contributed by atoms with E-state index in [0.717, 1.165) is 59.7 Å². The predicted molar refractivity (Wildman–Crippen MR) is 139 cm³/mol. The number of nitrogens with zero attached hydrogens (tertiary/aromatic N) is 5. The van der Waals surface area contributed by atoms with Crippen LogP contribution in [0.3, 0.4) is 0 Å². The van der Waals surface area contributed by atoms with Gasteiger partial charge in [-0.2, -0.15) is 4.98 Å². The van der Waals surface area contributed by atoms with Gasteiger partial charge in [-0.3, -0.25) is 4.79 Å². The first-order valence-corrected chi connectivity index (χ1v) is 12.6. The third-order valence-corrected chi connectivity index (χ3v) is 6.37. The second-order valence-corrected chi connectivity index (χ2v) is 8.99. The topological polar surface area (TPSA) is 84.6 Å². The van der Waals surface area contributed by atoms with Crippen molar-refractivity contribution in [2.24, 2.45) is 0 Å². The van der Waals surface area contributed by atoms with E-state index in [1.807, 2.05) is 65.6 Å². The zero-order valence-corrected chi connectivity index (χ0v) is 20.6. The molecule has 1 fully saturated rings. The lowest BCUT2D eigenvalue weighted by atomic mass is 10.1. The number of amides is 1. The molecule has 4 aromatic rings. The fraction of sp³-hybridized carbons (Fsp3) is 0.357. The van der Waals surface area contributed by atoms with E-state index in [-0.39, 0.29) is 12.5 Å². The number of aryl methyl sites for hydroxylation is 1. The van der Waals surface area contributed by atoms with Crippen molar-refractivity contribution in [3.63, 3.8) is 0 Å². The van der Waals surface area contributed by atoms with E-state index in [4.69, 9.17) is 14.2 Å². The number of ether oxygens (including phenoxy) is 1. The maximum absolute atomic E-state index is 12.9. The molecule has 2 aromatic carbocycles. The summed E-state index contributed by atoms with van der Waals surface area (Å²) in [6.45, 7) is 5.37. The molecule has 36 heavy (non-hydrogen) atoms. The van der Waals surface area contributed by atoms with Gasteiger partial charge in [-0.25, -0.2) is 4.98 Å². The molecule has 0 N–H and O–H groups in total. The SMILES string of the molecule is CCCc1nc(N2CCCN(C(=O)COCc3ccccc3)CC2)c2c(-c3ccccc3)noc2n1. The van der Waals surface area contributed by atoms with Crippen molar-refractivity contribution < 1.29 is 14.1 Å². The largest absolute Gasteiger partial charge is 0.367 e. The molecule has 1 aliphatic rings. The molecule has 0 aliphatic carbocycles. The second-order valence-electron chi connectivity index (χ2n) is 8.99. The minimum absolute atomic E-state index is 0.0160. The van der Waals surface area contributed by atoms with E-state index in [2.05, 4.69) is 22.0 Å². The summed E-state index contributed by atoms with van der Waals surface area (Å²) in [6, 6.07) is 19.9. The van der Waals surface area contributed by atoms with Crippen LogP contribution in [0, 0.1) is 0 Å². The molecule has 8 nitrogen and oxygen atoms in total. The van der Waals surface area contributed by atoms with Crippen molar-refractivity contribution in [2.45, 2.75) is 32.8 Å². The predicted octanol–water partition coefficient (Wildman–Crippen LogP) is 4.49. The number of hydrogen-bond acceptors (Lipinski definition) is 7. The number of carbonyl (C=O) groups is 1. The molecule has 1 saturated heterocycles. The van der Waals surface area contributed by atoms with E-state index in [1.165, 1.54) is 0 Å². The highest BCUT2D eigenvalue weighted by Crippen LogP contribution is 2.34. The van der Waals surface area contributed by atoms with Crippen molar-refractivity contribution in [1.29, 1.82) is 0 Å².